The minimum Gasteiger partial charge on any atom is -0.485 e. The van der Waals surface area contributed by atoms with Gasteiger partial charge in [0.05, 0.1) is 5.69 Å². The number of nitrogens with zero attached hydrogens (tertiary/aromatic N) is 3. The highest BCUT2D eigenvalue weighted by Crippen LogP contribution is 2.26. The number of isocyanates is 1. The van der Waals surface area contributed by atoms with Crippen molar-refractivity contribution in [3.63, 3.8) is 0 Å². The first-order valence-corrected chi connectivity index (χ1v) is 5.08. The lowest BCUT2D eigenvalue weighted by Crippen LogP contribution is -2.02. The Morgan fingerprint density at radius 1 is 1.41 bits per heavy atom. The molecule has 0 bridgehead atoms. The van der Waals surface area contributed by atoms with Crippen LogP contribution in [0.4, 0.5) is 5.69 Å². The Kier molecular flexibility index (Phi) is 3.33. The third-order valence-corrected chi connectivity index (χ3v) is 2.33. The zero-order valence-corrected chi connectivity index (χ0v) is 9.33. The third kappa shape index (κ3) is 2.59. The van der Waals surface area contributed by atoms with E-state index in [0.29, 0.717) is 18.0 Å². The quantitative estimate of drug-likeness (QED) is 0.595. The van der Waals surface area contributed by atoms with Crippen molar-refractivity contribution in [1.29, 1.82) is 0 Å². The smallest absolute Gasteiger partial charge is 0.240 e. The van der Waals surface area contributed by atoms with E-state index >= 15 is 0 Å². The van der Waals surface area contributed by atoms with E-state index in [9.17, 15) is 4.79 Å². The summed E-state index contributed by atoms with van der Waals surface area (Å²) in [6.45, 7) is 0.377. The van der Waals surface area contributed by atoms with Crippen LogP contribution in [0.1, 0.15) is 5.69 Å². The number of ether oxygens (including phenoxy) is 1. The van der Waals surface area contributed by atoms with Crippen molar-refractivity contribution < 1.29 is 9.53 Å². The van der Waals surface area contributed by atoms with Crippen LogP contribution in [-0.2, 0) is 18.4 Å². The van der Waals surface area contributed by atoms with Crippen LogP contribution in [0.2, 0.25) is 0 Å². The summed E-state index contributed by atoms with van der Waals surface area (Å²) in [5.74, 6) is 0.553. The fourth-order valence-electron chi connectivity index (χ4n) is 1.42. The van der Waals surface area contributed by atoms with Crippen molar-refractivity contribution in [3.8, 4) is 5.75 Å². The number of aliphatic imine (C=N–C) groups is 1. The minimum atomic E-state index is 0.377. The van der Waals surface area contributed by atoms with E-state index in [0.717, 1.165) is 5.69 Å². The van der Waals surface area contributed by atoms with Crippen LogP contribution in [0.5, 0.6) is 5.75 Å². The molecule has 0 saturated carbocycles. The van der Waals surface area contributed by atoms with E-state index < -0.39 is 0 Å². The lowest BCUT2D eigenvalue weighted by Gasteiger charge is -2.07. The van der Waals surface area contributed by atoms with Crippen LogP contribution >= 0.6 is 0 Å². The summed E-state index contributed by atoms with van der Waals surface area (Å²) >= 11 is 0. The molecule has 0 N–H and O–H groups in total. The summed E-state index contributed by atoms with van der Waals surface area (Å²) in [5.41, 5.74) is 1.42. The lowest BCUT2D eigenvalue weighted by atomic mass is 10.3. The predicted molar refractivity (Wildman–Crippen MR) is 61.8 cm³/mol. The van der Waals surface area contributed by atoms with Crippen LogP contribution in [0.25, 0.3) is 0 Å². The van der Waals surface area contributed by atoms with Gasteiger partial charge in [-0.25, -0.2) is 4.79 Å². The molecular weight excluding hydrogens is 218 g/mol. The Labute approximate surface area is 98.4 Å². The van der Waals surface area contributed by atoms with E-state index in [1.807, 2.05) is 19.2 Å². The average molecular weight is 229 g/mol. The van der Waals surface area contributed by atoms with Gasteiger partial charge < -0.3 is 4.74 Å². The second kappa shape index (κ2) is 5.09. The van der Waals surface area contributed by atoms with Gasteiger partial charge in [-0.15, -0.1) is 0 Å². The second-order valence-corrected chi connectivity index (χ2v) is 3.41. The fourth-order valence-corrected chi connectivity index (χ4v) is 1.42. The zero-order valence-electron chi connectivity index (χ0n) is 9.33. The highest BCUT2D eigenvalue weighted by atomic mass is 16.5. The standard InChI is InChI=1S/C12H11N3O2/c1-15-10(6-7-14-15)8-17-12-5-3-2-4-11(12)13-9-16/h2-7H,8H2,1H3. The molecule has 0 atom stereocenters. The van der Waals surface area contributed by atoms with Crippen molar-refractivity contribution in [3.05, 3.63) is 42.2 Å². The number of rotatable bonds is 4. The number of aromatic nitrogens is 2. The maximum absolute atomic E-state index is 10.3. The molecule has 5 heteroatoms. The molecule has 17 heavy (non-hydrogen) atoms. The minimum absolute atomic E-state index is 0.377. The van der Waals surface area contributed by atoms with Crippen LogP contribution in [0, 0.1) is 0 Å². The fraction of sp³-hybridized carbons (Fsp3) is 0.167. The Bertz CT molecular complexity index is 556. The first kappa shape index (κ1) is 11.1. The summed E-state index contributed by atoms with van der Waals surface area (Å²) in [4.78, 5) is 13.8. The molecule has 0 aliphatic heterocycles. The van der Waals surface area contributed by atoms with E-state index in [4.69, 9.17) is 4.74 Å². The van der Waals surface area contributed by atoms with E-state index in [1.54, 1.807) is 29.1 Å². The predicted octanol–water partition coefficient (Wildman–Crippen LogP) is 1.97. The Balaban J connectivity index is 2.14. The van der Waals surface area contributed by atoms with E-state index in [2.05, 4.69) is 10.1 Å². The largest absolute Gasteiger partial charge is 0.485 e. The molecule has 86 valence electrons. The Hall–Kier alpha value is -2.39. The lowest BCUT2D eigenvalue weighted by molar-refractivity contribution is 0.296. The van der Waals surface area contributed by atoms with Gasteiger partial charge in [0.1, 0.15) is 18.0 Å². The van der Waals surface area contributed by atoms with Crippen molar-refractivity contribution in [2.45, 2.75) is 6.61 Å². The SMILES string of the molecule is Cn1nccc1COc1ccccc1N=C=O. The number of hydrogen-bond acceptors (Lipinski definition) is 4. The summed E-state index contributed by atoms with van der Waals surface area (Å²) < 4.78 is 7.31. The normalized spacial score (nSPS) is 9.71. The maximum atomic E-state index is 10.3. The third-order valence-electron chi connectivity index (χ3n) is 2.33. The molecule has 0 amide bonds. The Morgan fingerprint density at radius 2 is 2.24 bits per heavy atom. The van der Waals surface area contributed by atoms with Gasteiger partial charge in [-0.1, -0.05) is 12.1 Å². The number of carbonyl (C=O) groups excluding carboxylic acids is 1. The number of benzene rings is 1. The molecule has 0 spiro atoms. The summed E-state index contributed by atoms with van der Waals surface area (Å²) in [6.07, 6.45) is 3.21. The van der Waals surface area contributed by atoms with Gasteiger partial charge >= 0.3 is 0 Å². The molecule has 0 aliphatic carbocycles. The highest BCUT2D eigenvalue weighted by Gasteiger charge is 2.03. The van der Waals surface area contributed by atoms with Gasteiger partial charge in [-0.3, -0.25) is 4.68 Å². The van der Waals surface area contributed by atoms with Crippen molar-refractivity contribution in [2.75, 3.05) is 0 Å². The summed E-state index contributed by atoms with van der Waals surface area (Å²) in [5, 5.41) is 4.04. The molecule has 0 saturated heterocycles. The summed E-state index contributed by atoms with van der Waals surface area (Å²) in [6, 6.07) is 8.93. The Morgan fingerprint density at radius 3 is 2.94 bits per heavy atom. The van der Waals surface area contributed by atoms with Gasteiger partial charge in [0.25, 0.3) is 0 Å². The summed E-state index contributed by atoms with van der Waals surface area (Å²) in [7, 11) is 1.84. The molecule has 2 rings (SSSR count). The second-order valence-electron chi connectivity index (χ2n) is 3.41. The molecule has 0 unspecified atom stereocenters. The van der Waals surface area contributed by atoms with Gasteiger partial charge in [-0.05, 0) is 18.2 Å². The molecule has 2 aromatic rings. The van der Waals surface area contributed by atoms with Crippen molar-refractivity contribution in [2.24, 2.45) is 12.0 Å². The van der Waals surface area contributed by atoms with Crippen LogP contribution in [0.15, 0.2) is 41.5 Å². The van der Waals surface area contributed by atoms with Crippen molar-refractivity contribution >= 4 is 11.8 Å². The average Bonchev–Trinajstić information content (AvgIpc) is 2.74. The number of para-hydroxylation sites is 2. The molecule has 1 aromatic carbocycles. The highest BCUT2D eigenvalue weighted by molar-refractivity contribution is 5.57. The van der Waals surface area contributed by atoms with Crippen LogP contribution in [0.3, 0.4) is 0 Å². The van der Waals surface area contributed by atoms with E-state index in [1.165, 1.54) is 6.08 Å². The van der Waals surface area contributed by atoms with Crippen LogP contribution in [-0.4, -0.2) is 15.9 Å². The molecular formula is C12H11N3O2. The van der Waals surface area contributed by atoms with Crippen LogP contribution < -0.4 is 4.74 Å². The first-order valence-electron chi connectivity index (χ1n) is 5.08. The number of aryl methyl sites for hydroxylation is 1. The van der Waals surface area contributed by atoms with Gasteiger partial charge in [0.2, 0.25) is 6.08 Å². The maximum Gasteiger partial charge on any atom is 0.240 e. The van der Waals surface area contributed by atoms with Gasteiger partial charge in [0.15, 0.2) is 0 Å². The molecule has 0 radical (unpaired) electrons. The zero-order chi connectivity index (χ0) is 12.1. The molecule has 5 nitrogen and oxygen atoms in total. The molecule has 1 aromatic heterocycles. The monoisotopic (exact) mass is 229 g/mol. The van der Waals surface area contributed by atoms with Gasteiger partial charge in [0, 0.05) is 13.2 Å². The molecule has 1 heterocycles. The van der Waals surface area contributed by atoms with Crippen molar-refractivity contribution in [1.82, 2.24) is 9.78 Å². The van der Waals surface area contributed by atoms with Gasteiger partial charge in [-0.2, -0.15) is 10.1 Å². The first-order chi connectivity index (χ1) is 8.31. The molecule has 0 fully saturated rings. The topological polar surface area (TPSA) is 56.5 Å². The van der Waals surface area contributed by atoms with E-state index in [-0.39, 0.29) is 0 Å². The molecule has 0 aliphatic rings. The number of hydrogen-bond donors (Lipinski definition) is 0.